The van der Waals surface area contributed by atoms with E-state index in [1.54, 1.807) is 5.57 Å². The normalized spacial score (nSPS) is 33.3. The predicted molar refractivity (Wildman–Crippen MR) is 193 cm³/mol. The Balaban J connectivity index is 1.14. The Bertz CT molecular complexity index is 904. The number of hydrogen-bond acceptors (Lipinski definition) is 2. The van der Waals surface area contributed by atoms with Gasteiger partial charge in [-0.1, -0.05) is 150 Å². The van der Waals surface area contributed by atoms with Gasteiger partial charge in [0.2, 0.25) is 0 Å². The first-order valence-corrected chi connectivity index (χ1v) is 20.6. The van der Waals surface area contributed by atoms with Crippen LogP contribution in [-0.2, 0) is 9.53 Å². The minimum Gasteiger partial charge on any atom is -0.462 e. The molecule has 4 aliphatic carbocycles. The quantitative estimate of drug-likeness (QED) is 0.0765. The van der Waals surface area contributed by atoms with Gasteiger partial charge in [0.25, 0.3) is 0 Å². The van der Waals surface area contributed by atoms with Gasteiger partial charge < -0.3 is 4.74 Å². The average molecular weight is 625 g/mol. The van der Waals surface area contributed by atoms with Crippen molar-refractivity contribution in [3.05, 3.63) is 11.6 Å². The van der Waals surface area contributed by atoms with E-state index >= 15 is 0 Å². The summed E-state index contributed by atoms with van der Waals surface area (Å²) in [4.78, 5) is 12.8. The van der Waals surface area contributed by atoms with Gasteiger partial charge >= 0.3 is 5.97 Å². The molecule has 0 saturated heterocycles. The maximum Gasteiger partial charge on any atom is 0.306 e. The lowest BCUT2D eigenvalue weighted by atomic mass is 9.47. The van der Waals surface area contributed by atoms with E-state index in [1.165, 1.54) is 135 Å². The second kappa shape index (κ2) is 18.1. The summed E-state index contributed by atoms with van der Waals surface area (Å²) in [5, 5.41) is 0. The van der Waals surface area contributed by atoms with Gasteiger partial charge in [0.15, 0.2) is 0 Å². The van der Waals surface area contributed by atoms with E-state index in [1.807, 2.05) is 0 Å². The van der Waals surface area contributed by atoms with E-state index in [9.17, 15) is 4.79 Å². The molecule has 4 rings (SSSR count). The third-order valence-corrected chi connectivity index (χ3v) is 14.0. The fourth-order valence-corrected chi connectivity index (χ4v) is 11.3. The van der Waals surface area contributed by atoms with Crippen molar-refractivity contribution in [3.8, 4) is 0 Å². The summed E-state index contributed by atoms with van der Waals surface area (Å²) in [6, 6.07) is 0. The van der Waals surface area contributed by atoms with Crippen LogP contribution in [0.25, 0.3) is 0 Å². The molecule has 0 aromatic heterocycles. The molecule has 0 spiro atoms. The standard InChI is InChI=1S/C43H76O2/c1-7-8-9-10-11-12-13-14-15-16-17-18-19-23-41(44)45-36-28-30-42(5)35(32-36)24-25-37-39-27-26-38(34(4)22-20-21-33(2)3)43(39,6)31-29-40(37)42/h24,33-34,36-40H,7-23,25-32H2,1-6H3/t34-,36?,37+,38-,39+,40+,42+,43-/m1/s1. The number of esters is 1. The highest BCUT2D eigenvalue weighted by Gasteiger charge is 2.59. The number of carbonyl (C=O) groups is 1. The Labute approximate surface area is 281 Å². The highest BCUT2D eigenvalue weighted by Crippen LogP contribution is 2.67. The van der Waals surface area contributed by atoms with Crippen LogP contribution in [0.1, 0.15) is 202 Å². The summed E-state index contributed by atoms with van der Waals surface area (Å²) in [5.74, 6) is 5.34. The van der Waals surface area contributed by atoms with E-state index < -0.39 is 0 Å². The fraction of sp³-hybridized carbons (Fsp3) is 0.930. The van der Waals surface area contributed by atoms with Crippen molar-refractivity contribution < 1.29 is 9.53 Å². The summed E-state index contributed by atoms with van der Waals surface area (Å²) in [5.41, 5.74) is 2.54. The highest BCUT2D eigenvalue weighted by atomic mass is 16.5. The monoisotopic (exact) mass is 625 g/mol. The molecule has 4 aliphatic rings. The van der Waals surface area contributed by atoms with E-state index in [-0.39, 0.29) is 12.1 Å². The molecule has 8 atom stereocenters. The van der Waals surface area contributed by atoms with Crippen LogP contribution in [0, 0.1) is 46.3 Å². The predicted octanol–water partition coefficient (Wildman–Crippen LogP) is 13.4. The molecule has 3 fully saturated rings. The Morgan fingerprint density at radius 1 is 0.778 bits per heavy atom. The second-order valence-electron chi connectivity index (χ2n) is 17.6. The lowest BCUT2D eigenvalue weighted by Crippen LogP contribution is -2.51. The van der Waals surface area contributed by atoms with Crippen LogP contribution in [0.5, 0.6) is 0 Å². The molecule has 0 radical (unpaired) electrons. The van der Waals surface area contributed by atoms with Crippen LogP contribution in [0.2, 0.25) is 0 Å². The first-order valence-electron chi connectivity index (χ1n) is 20.6. The third-order valence-electron chi connectivity index (χ3n) is 14.0. The second-order valence-corrected chi connectivity index (χ2v) is 17.6. The molecular formula is C43H76O2. The van der Waals surface area contributed by atoms with Crippen LogP contribution in [0.3, 0.4) is 0 Å². The lowest BCUT2D eigenvalue weighted by Gasteiger charge is -2.58. The molecular weight excluding hydrogens is 548 g/mol. The molecule has 0 bridgehead atoms. The summed E-state index contributed by atoms with van der Waals surface area (Å²) >= 11 is 0. The van der Waals surface area contributed by atoms with Gasteiger partial charge in [-0.15, -0.1) is 0 Å². The molecule has 0 aromatic rings. The van der Waals surface area contributed by atoms with Gasteiger partial charge in [-0.3, -0.25) is 4.79 Å². The Kier molecular flexibility index (Phi) is 14.9. The number of fused-ring (bicyclic) bond motifs is 5. The van der Waals surface area contributed by atoms with Gasteiger partial charge in [0, 0.05) is 12.8 Å². The maximum atomic E-state index is 12.8. The number of allylic oxidation sites excluding steroid dienone is 1. The zero-order chi connectivity index (χ0) is 32.3. The van der Waals surface area contributed by atoms with E-state index in [2.05, 4.69) is 47.6 Å². The van der Waals surface area contributed by atoms with Gasteiger partial charge in [0.05, 0.1) is 0 Å². The molecule has 2 heteroatoms. The molecule has 45 heavy (non-hydrogen) atoms. The van der Waals surface area contributed by atoms with Crippen LogP contribution in [0.4, 0.5) is 0 Å². The van der Waals surface area contributed by atoms with Crippen LogP contribution >= 0.6 is 0 Å². The molecule has 2 nitrogen and oxygen atoms in total. The van der Waals surface area contributed by atoms with Crippen molar-refractivity contribution in [2.45, 2.75) is 208 Å². The van der Waals surface area contributed by atoms with Crippen molar-refractivity contribution in [3.63, 3.8) is 0 Å². The number of unbranched alkanes of at least 4 members (excludes halogenated alkanes) is 12. The first kappa shape index (κ1) is 37.0. The first-order chi connectivity index (χ1) is 21.7. The van der Waals surface area contributed by atoms with Crippen molar-refractivity contribution in [2.75, 3.05) is 0 Å². The Morgan fingerprint density at radius 3 is 2.07 bits per heavy atom. The molecule has 0 aromatic carbocycles. The van der Waals surface area contributed by atoms with E-state index in [0.717, 1.165) is 54.8 Å². The summed E-state index contributed by atoms with van der Waals surface area (Å²) in [6.07, 6.45) is 35.4. The zero-order valence-electron chi connectivity index (χ0n) is 31.1. The molecule has 0 N–H and O–H groups in total. The van der Waals surface area contributed by atoms with Gasteiger partial charge in [0.1, 0.15) is 6.10 Å². The summed E-state index contributed by atoms with van der Waals surface area (Å²) in [7, 11) is 0. The van der Waals surface area contributed by atoms with Gasteiger partial charge in [-0.05, 0) is 97.7 Å². The number of hydrogen-bond donors (Lipinski definition) is 0. The highest BCUT2D eigenvalue weighted by molar-refractivity contribution is 5.69. The maximum absolute atomic E-state index is 12.8. The molecule has 260 valence electrons. The smallest absolute Gasteiger partial charge is 0.306 e. The van der Waals surface area contributed by atoms with Gasteiger partial charge in [-0.2, -0.15) is 0 Å². The molecule has 0 heterocycles. The molecule has 0 amide bonds. The number of ether oxygens (including phenoxy) is 1. The topological polar surface area (TPSA) is 26.3 Å². The molecule has 3 saturated carbocycles. The Morgan fingerprint density at radius 2 is 1.42 bits per heavy atom. The minimum absolute atomic E-state index is 0.0638. The van der Waals surface area contributed by atoms with E-state index in [4.69, 9.17) is 4.74 Å². The lowest BCUT2D eigenvalue weighted by molar-refractivity contribution is -0.151. The van der Waals surface area contributed by atoms with Crippen molar-refractivity contribution in [2.24, 2.45) is 46.3 Å². The van der Waals surface area contributed by atoms with Crippen LogP contribution in [0.15, 0.2) is 11.6 Å². The van der Waals surface area contributed by atoms with Crippen LogP contribution in [-0.4, -0.2) is 12.1 Å². The molecule has 0 aliphatic heterocycles. The van der Waals surface area contributed by atoms with Crippen molar-refractivity contribution >= 4 is 5.97 Å². The van der Waals surface area contributed by atoms with Crippen LogP contribution < -0.4 is 0 Å². The largest absolute Gasteiger partial charge is 0.462 e. The average Bonchev–Trinajstić information content (AvgIpc) is 3.37. The number of carbonyl (C=O) groups excluding carboxylic acids is 1. The van der Waals surface area contributed by atoms with Crippen molar-refractivity contribution in [1.29, 1.82) is 0 Å². The Hall–Kier alpha value is -0.790. The summed E-state index contributed by atoms with van der Waals surface area (Å²) in [6.45, 7) is 14.9. The van der Waals surface area contributed by atoms with Crippen molar-refractivity contribution in [1.82, 2.24) is 0 Å². The molecule has 1 unspecified atom stereocenters. The third kappa shape index (κ3) is 9.87. The minimum atomic E-state index is 0.0638. The van der Waals surface area contributed by atoms with Gasteiger partial charge in [-0.25, -0.2) is 0 Å². The van der Waals surface area contributed by atoms with E-state index in [0.29, 0.717) is 17.3 Å². The fourth-order valence-electron chi connectivity index (χ4n) is 11.3. The summed E-state index contributed by atoms with van der Waals surface area (Å²) < 4.78 is 6.12. The zero-order valence-corrected chi connectivity index (χ0v) is 31.1. The SMILES string of the molecule is CCCCCCCCCCCCCCCC(=O)OC1CC[C@@]2(C)C(=CC[C@H]3[C@@H]4CC[C@H]([C@H](C)CCCC(C)C)[C@@]4(C)CC[C@@H]32)C1. The number of rotatable bonds is 20.